The number of hydrogen-bond donors (Lipinski definition) is 2. The predicted molar refractivity (Wildman–Crippen MR) is 90.8 cm³/mol. The van der Waals surface area contributed by atoms with Crippen LogP contribution < -0.4 is 10.2 Å². The van der Waals surface area contributed by atoms with E-state index in [4.69, 9.17) is 0 Å². The van der Waals surface area contributed by atoms with E-state index >= 15 is 0 Å². The van der Waals surface area contributed by atoms with Crippen molar-refractivity contribution in [1.29, 1.82) is 0 Å². The van der Waals surface area contributed by atoms with E-state index in [0.717, 1.165) is 5.56 Å². The van der Waals surface area contributed by atoms with Gasteiger partial charge in [-0.2, -0.15) is 0 Å². The van der Waals surface area contributed by atoms with Crippen molar-refractivity contribution in [2.24, 2.45) is 0 Å². The van der Waals surface area contributed by atoms with Gasteiger partial charge in [-0.25, -0.2) is 0 Å². The molecule has 6 heteroatoms. The summed E-state index contributed by atoms with van der Waals surface area (Å²) in [7, 11) is 3.28. The molecular formula is C18H19N3O3. The number of phenols is 1. The molecule has 0 radical (unpaired) electrons. The van der Waals surface area contributed by atoms with Gasteiger partial charge in [-0.1, -0.05) is 24.3 Å². The number of anilines is 1. The largest absolute Gasteiger partial charge is 0.508 e. The van der Waals surface area contributed by atoms with Gasteiger partial charge in [0.25, 0.3) is 5.91 Å². The zero-order valence-corrected chi connectivity index (χ0v) is 13.6. The number of carbonyl (C=O) groups excluding carboxylic acids is 2. The highest BCUT2D eigenvalue weighted by molar-refractivity contribution is 6.02. The summed E-state index contributed by atoms with van der Waals surface area (Å²) < 4.78 is 0. The Kier molecular flexibility index (Phi) is 4.12. The number of nitrogens with one attached hydrogen (secondary N) is 1. The van der Waals surface area contributed by atoms with Crippen LogP contribution in [0.2, 0.25) is 0 Å². The number of nitrogens with zero attached hydrogens (tertiary/aromatic N) is 2. The van der Waals surface area contributed by atoms with E-state index in [1.165, 1.54) is 0 Å². The number of para-hydroxylation sites is 1. The minimum Gasteiger partial charge on any atom is -0.508 e. The van der Waals surface area contributed by atoms with Crippen molar-refractivity contribution >= 4 is 17.5 Å². The van der Waals surface area contributed by atoms with Crippen LogP contribution in [-0.4, -0.2) is 42.5 Å². The van der Waals surface area contributed by atoms with Gasteiger partial charge in [-0.05, 0) is 29.8 Å². The average molecular weight is 325 g/mol. The number of benzene rings is 2. The molecule has 0 saturated carbocycles. The summed E-state index contributed by atoms with van der Waals surface area (Å²) in [4.78, 5) is 28.2. The molecule has 0 spiro atoms. The third-order valence-electron chi connectivity index (χ3n) is 4.19. The van der Waals surface area contributed by atoms with Gasteiger partial charge >= 0.3 is 0 Å². The zero-order chi connectivity index (χ0) is 17.3. The van der Waals surface area contributed by atoms with Gasteiger partial charge in [0.15, 0.2) is 0 Å². The molecule has 1 unspecified atom stereocenters. The van der Waals surface area contributed by atoms with Gasteiger partial charge < -0.3 is 20.2 Å². The number of hydrogen-bond acceptors (Lipinski definition) is 4. The molecule has 24 heavy (non-hydrogen) atoms. The highest BCUT2D eigenvalue weighted by Crippen LogP contribution is 2.38. The summed E-state index contributed by atoms with van der Waals surface area (Å²) in [6.45, 7) is 0.103. The highest BCUT2D eigenvalue weighted by atomic mass is 16.3. The zero-order valence-electron chi connectivity index (χ0n) is 13.6. The maximum Gasteiger partial charge on any atom is 0.257 e. The normalized spacial score (nSPS) is 16.8. The number of phenolic OH excluding ortho intramolecular Hbond substituents is 1. The fourth-order valence-corrected chi connectivity index (χ4v) is 3.04. The first kappa shape index (κ1) is 15.9. The summed E-state index contributed by atoms with van der Waals surface area (Å²) in [5.41, 5.74) is 2.00. The summed E-state index contributed by atoms with van der Waals surface area (Å²) in [6, 6.07) is 14.0. The Morgan fingerprint density at radius 1 is 1.21 bits per heavy atom. The highest BCUT2D eigenvalue weighted by Gasteiger charge is 2.37. The molecule has 1 atom stereocenters. The Morgan fingerprint density at radius 2 is 1.96 bits per heavy atom. The van der Waals surface area contributed by atoms with Gasteiger partial charge in [0.2, 0.25) is 5.91 Å². The molecule has 2 amide bonds. The van der Waals surface area contributed by atoms with E-state index in [9.17, 15) is 14.7 Å². The maximum atomic E-state index is 12.7. The van der Waals surface area contributed by atoms with Crippen LogP contribution in [0.1, 0.15) is 22.1 Å². The molecule has 0 saturated heterocycles. The van der Waals surface area contributed by atoms with Crippen LogP contribution in [0.25, 0.3) is 0 Å². The lowest BCUT2D eigenvalue weighted by molar-refractivity contribution is -0.119. The van der Waals surface area contributed by atoms with E-state index in [1.54, 1.807) is 49.3 Å². The van der Waals surface area contributed by atoms with Crippen LogP contribution in [0.3, 0.4) is 0 Å². The standard InChI is InChI=1S/C18H19N3O3/c1-19-16(23)11-21-15-9-4-3-8-14(15)18(24)20(2)17(21)12-6-5-7-13(22)10-12/h3-10,17,22H,11H2,1-2H3,(H,19,23). The number of likely N-dealkylation sites (N-methyl/N-ethyl adjacent to an activating group) is 1. The van der Waals surface area contributed by atoms with Crippen molar-refractivity contribution in [3.8, 4) is 5.75 Å². The molecule has 6 nitrogen and oxygen atoms in total. The van der Waals surface area contributed by atoms with E-state index in [0.29, 0.717) is 11.3 Å². The van der Waals surface area contributed by atoms with Gasteiger partial charge in [0.05, 0.1) is 17.8 Å². The molecule has 2 aromatic carbocycles. The van der Waals surface area contributed by atoms with Crippen molar-refractivity contribution < 1.29 is 14.7 Å². The molecule has 124 valence electrons. The Bertz CT molecular complexity index is 791. The van der Waals surface area contributed by atoms with Crippen molar-refractivity contribution in [2.75, 3.05) is 25.5 Å². The summed E-state index contributed by atoms with van der Waals surface area (Å²) >= 11 is 0. The third kappa shape index (κ3) is 2.67. The molecule has 0 fully saturated rings. The van der Waals surface area contributed by atoms with E-state index < -0.39 is 6.17 Å². The predicted octanol–water partition coefficient (Wildman–Crippen LogP) is 1.73. The second kappa shape index (κ2) is 6.23. The first-order chi connectivity index (χ1) is 11.5. The second-order valence-electron chi connectivity index (χ2n) is 5.70. The third-order valence-corrected chi connectivity index (χ3v) is 4.19. The topological polar surface area (TPSA) is 72.9 Å². The van der Waals surface area contributed by atoms with E-state index in [2.05, 4.69) is 5.32 Å². The molecule has 1 aliphatic rings. The Morgan fingerprint density at radius 3 is 2.67 bits per heavy atom. The van der Waals surface area contributed by atoms with Crippen LogP contribution in [0, 0.1) is 0 Å². The maximum absolute atomic E-state index is 12.7. The van der Waals surface area contributed by atoms with Crippen LogP contribution >= 0.6 is 0 Å². The Balaban J connectivity index is 2.14. The minimum atomic E-state index is -0.475. The lowest BCUT2D eigenvalue weighted by Gasteiger charge is -2.43. The van der Waals surface area contributed by atoms with Crippen LogP contribution in [-0.2, 0) is 4.79 Å². The summed E-state index contributed by atoms with van der Waals surface area (Å²) in [6.07, 6.45) is -0.475. The molecule has 0 bridgehead atoms. The SMILES string of the molecule is CNC(=O)CN1c2ccccc2C(=O)N(C)C1c1cccc(O)c1. The summed E-state index contributed by atoms with van der Waals surface area (Å²) in [5.74, 6) is -0.156. The molecule has 2 aromatic rings. The average Bonchev–Trinajstić information content (AvgIpc) is 2.59. The van der Waals surface area contributed by atoms with E-state index in [1.807, 2.05) is 23.1 Å². The first-order valence-corrected chi connectivity index (χ1v) is 7.65. The van der Waals surface area contributed by atoms with Gasteiger partial charge in [0.1, 0.15) is 11.9 Å². The smallest absolute Gasteiger partial charge is 0.257 e. The number of aromatic hydroxyl groups is 1. The monoisotopic (exact) mass is 325 g/mol. The molecule has 0 aromatic heterocycles. The summed E-state index contributed by atoms with van der Waals surface area (Å²) in [5, 5.41) is 12.4. The number of carbonyl (C=O) groups is 2. The van der Waals surface area contributed by atoms with E-state index in [-0.39, 0.29) is 24.1 Å². The molecule has 2 N–H and O–H groups in total. The van der Waals surface area contributed by atoms with Crippen molar-refractivity contribution in [3.63, 3.8) is 0 Å². The van der Waals surface area contributed by atoms with Crippen LogP contribution in [0.15, 0.2) is 48.5 Å². The molecule has 1 aliphatic heterocycles. The number of fused-ring (bicyclic) bond motifs is 1. The van der Waals surface area contributed by atoms with Gasteiger partial charge in [-0.3, -0.25) is 9.59 Å². The van der Waals surface area contributed by atoms with Crippen molar-refractivity contribution in [1.82, 2.24) is 10.2 Å². The van der Waals surface area contributed by atoms with Gasteiger partial charge in [0, 0.05) is 14.1 Å². The lowest BCUT2D eigenvalue weighted by atomic mass is 10.0. The fourth-order valence-electron chi connectivity index (χ4n) is 3.04. The molecule has 1 heterocycles. The Hall–Kier alpha value is -3.02. The minimum absolute atomic E-state index is 0.103. The second-order valence-corrected chi connectivity index (χ2v) is 5.70. The lowest BCUT2D eigenvalue weighted by Crippen LogP contribution is -2.50. The molecular weight excluding hydrogens is 306 g/mol. The fraction of sp³-hybridized carbons (Fsp3) is 0.222. The first-order valence-electron chi connectivity index (χ1n) is 7.65. The van der Waals surface area contributed by atoms with Gasteiger partial charge in [-0.15, -0.1) is 0 Å². The quantitative estimate of drug-likeness (QED) is 0.901. The number of amides is 2. The molecule has 3 rings (SSSR count). The van der Waals surface area contributed by atoms with Crippen molar-refractivity contribution in [3.05, 3.63) is 59.7 Å². The number of rotatable bonds is 3. The molecule has 0 aliphatic carbocycles. The van der Waals surface area contributed by atoms with Crippen LogP contribution in [0.5, 0.6) is 5.75 Å². The van der Waals surface area contributed by atoms with Crippen LogP contribution in [0.4, 0.5) is 5.69 Å². The Labute approximate surface area is 140 Å². The van der Waals surface area contributed by atoms with Crippen molar-refractivity contribution in [2.45, 2.75) is 6.17 Å².